The number of hydrogen-bond acceptors (Lipinski definition) is 6. The molecular weight excluding hydrogens is 396 g/mol. The number of aliphatic hydroxyl groups is 1. The molecule has 0 aromatic heterocycles. The predicted octanol–water partition coefficient (Wildman–Crippen LogP) is 4.19. The smallest absolute Gasteiger partial charge is 0.162 e. The molecule has 2 aliphatic rings. The minimum absolute atomic E-state index is 0.0776. The van der Waals surface area contributed by atoms with Crippen molar-refractivity contribution < 1.29 is 28.8 Å². The van der Waals surface area contributed by atoms with E-state index in [4.69, 9.17) is 18.9 Å². The van der Waals surface area contributed by atoms with Gasteiger partial charge in [0.25, 0.3) is 0 Å². The van der Waals surface area contributed by atoms with Gasteiger partial charge >= 0.3 is 0 Å². The normalized spacial score (nSPS) is 24.9. The molecule has 6 nitrogen and oxygen atoms in total. The molecule has 0 aliphatic carbocycles. The summed E-state index contributed by atoms with van der Waals surface area (Å²) >= 11 is 0. The molecule has 2 heterocycles. The molecule has 0 radical (unpaired) electrons. The van der Waals surface area contributed by atoms with Gasteiger partial charge in [0.15, 0.2) is 5.78 Å². The fourth-order valence-corrected chi connectivity index (χ4v) is 4.20. The molecule has 4 atom stereocenters. The summed E-state index contributed by atoms with van der Waals surface area (Å²) in [5, 5.41) is 9.29. The molecule has 3 rings (SSSR count). The first-order valence-electron chi connectivity index (χ1n) is 11.4. The van der Waals surface area contributed by atoms with E-state index in [1.54, 1.807) is 13.2 Å². The Hall–Kier alpha value is -1.89. The van der Waals surface area contributed by atoms with Gasteiger partial charge in [0.1, 0.15) is 17.6 Å². The van der Waals surface area contributed by atoms with E-state index in [0.717, 1.165) is 42.8 Å². The summed E-state index contributed by atoms with van der Waals surface area (Å²) < 4.78 is 23.3. The number of methoxy groups -OCH3 is 1. The van der Waals surface area contributed by atoms with Crippen LogP contribution in [0.5, 0.6) is 5.75 Å². The molecule has 6 heteroatoms. The van der Waals surface area contributed by atoms with Gasteiger partial charge in [0.05, 0.1) is 32.5 Å². The van der Waals surface area contributed by atoms with Crippen LogP contribution in [0.2, 0.25) is 0 Å². The number of aliphatic hydroxyl groups excluding tert-OH is 1. The third-order valence-corrected chi connectivity index (χ3v) is 5.92. The lowest BCUT2D eigenvalue weighted by molar-refractivity contribution is -0.119. The first-order valence-corrected chi connectivity index (χ1v) is 11.4. The molecule has 0 amide bonds. The van der Waals surface area contributed by atoms with Crippen molar-refractivity contribution in [3.8, 4) is 5.75 Å². The van der Waals surface area contributed by atoms with Gasteiger partial charge in [-0.1, -0.05) is 19.1 Å². The SMILES string of the molecule is COc1ccc(COCC[C@@H]2CC(=O)C=C(C[C@@H]3CCC[C@H](C[C@@H](C)CO)O3)O2)cc1. The second kappa shape index (κ2) is 12.2. The van der Waals surface area contributed by atoms with Crippen LogP contribution in [0.4, 0.5) is 0 Å². The fourth-order valence-electron chi connectivity index (χ4n) is 4.20. The van der Waals surface area contributed by atoms with Gasteiger partial charge in [-0.05, 0) is 49.3 Å². The Labute approximate surface area is 185 Å². The van der Waals surface area contributed by atoms with E-state index in [-0.39, 0.29) is 36.6 Å². The first kappa shape index (κ1) is 23.8. The Balaban J connectivity index is 1.40. The van der Waals surface area contributed by atoms with Crippen LogP contribution in [0, 0.1) is 5.92 Å². The van der Waals surface area contributed by atoms with Crippen molar-refractivity contribution >= 4 is 5.78 Å². The molecular formula is C25H36O6. The summed E-state index contributed by atoms with van der Waals surface area (Å²) in [6.07, 6.45) is 7.48. The standard InChI is InChI=1S/C25H36O6/c1-18(16-26)12-22-4-3-5-23(30-22)15-25-14-20(27)13-24(31-25)10-11-29-17-19-6-8-21(28-2)9-7-19/h6-9,14,18,22-24,26H,3-5,10-13,15-17H2,1-2H3/t18-,22-,23+,24-/m1/s1. The minimum atomic E-state index is -0.142. The molecule has 31 heavy (non-hydrogen) atoms. The Kier molecular flexibility index (Phi) is 9.37. The number of rotatable bonds is 11. The van der Waals surface area contributed by atoms with E-state index in [1.807, 2.05) is 31.2 Å². The molecule has 1 N–H and O–H groups in total. The maximum Gasteiger partial charge on any atom is 0.162 e. The van der Waals surface area contributed by atoms with Crippen molar-refractivity contribution in [1.29, 1.82) is 0 Å². The van der Waals surface area contributed by atoms with E-state index >= 15 is 0 Å². The summed E-state index contributed by atoms with van der Waals surface area (Å²) in [4.78, 5) is 12.2. The van der Waals surface area contributed by atoms with Gasteiger partial charge in [-0.15, -0.1) is 0 Å². The lowest BCUT2D eigenvalue weighted by Gasteiger charge is -2.33. The van der Waals surface area contributed by atoms with E-state index in [0.29, 0.717) is 32.5 Å². The molecule has 172 valence electrons. The molecule has 1 aromatic carbocycles. The van der Waals surface area contributed by atoms with E-state index < -0.39 is 0 Å². The van der Waals surface area contributed by atoms with E-state index in [9.17, 15) is 9.90 Å². The molecule has 0 bridgehead atoms. The van der Waals surface area contributed by atoms with Gasteiger partial charge in [0.2, 0.25) is 0 Å². The van der Waals surface area contributed by atoms with Crippen LogP contribution in [0.1, 0.15) is 57.4 Å². The number of ketones is 1. The third kappa shape index (κ3) is 7.95. The van der Waals surface area contributed by atoms with E-state index in [1.165, 1.54) is 0 Å². The van der Waals surface area contributed by atoms with Crippen LogP contribution >= 0.6 is 0 Å². The van der Waals surface area contributed by atoms with Gasteiger partial charge in [-0.2, -0.15) is 0 Å². The quantitative estimate of drug-likeness (QED) is 0.529. The van der Waals surface area contributed by atoms with Crippen molar-refractivity contribution in [2.24, 2.45) is 5.92 Å². The summed E-state index contributed by atoms with van der Waals surface area (Å²) in [5.74, 6) is 1.92. The zero-order valence-electron chi connectivity index (χ0n) is 18.8. The average molecular weight is 433 g/mol. The minimum Gasteiger partial charge on any atom is -0.497 e. The van der Waals surface area contributed by atoms with Crippen molar-refractivity contribution in [3.63, 3.8) is 0 Å². The van der Waals surface area contributed by atoms with Crippen LogP contribution in [0.25, 0.3) is 0 Å². The highest BCUT2D eigenvalue weighted by molar-refractivity contribution is 5.91. The molecule has 0 saturated carbocycles. The van der Waals surface area contributed by atoms with E-state index in [2.05, 4.69) is 0 Å². The molecule has 1 aromatic rings. The Morgan fingerprint density at radius 3 is 2.68 bits per heavy atom. The molecule has 1 fully saturated rings. The van der Waals surface area contributed by atoms with Crippen LogP contribution in [-0.2, 0) is 25.6 Å². The van der Waals surface area contributed by atoms with Gasteiger partial charge < -0.3 is 24.1 Å². The molecule has 2 aliphatic heterocycles. The number of benzene rings is 1. The van der Waals surface area contributed by atoms with Crippen LogP contribution in [0.3, 0.4) is 0 Å². The first-order chi connectivity index (χ1) is 15.1. The van der Waals surface area contributed by atoms with Gasteiger partial charge in [-0.25, -0.2) is 0 Å². The number of hydrogen-bond donors (Lipinski definition) is 1. The predicted molar refractivity (Wildman–Crippen MR) is 118 cm³/mol. The summed E-state index contributed by atoms with van der Waals surface area (Å²) in [7, 11) is 1.65. The highest BCUT2D eigenvalue weighted by atomic mass is 16.5. The van der Waals surface area contributed by atoms with Crippen molar-refractivity contribution in [1.82, 2.24) is 0 Å². The topological polar surface area (TPSA) is 74.2 Å². The Morgan fingerprint density at radius 1 is 1.16 bits per heavy atom. The Bertz CT molecular complexity index is 713. The average Bonchev–Trinajstić information content (AvgIpc) is 2.77. The number of allylic oxidation sites excluding steroid dienone is 1. The van der Waals surface area contributed by atoms with Gasteiger partial charge in [0, 0.05) is 31.9 Å². The third-order valence-electron chi connectivity index (χ3n) is 5.92. The molecule has 1 saturated heterocycles. The number of carbonyl (C=O) groups is 1. The van der Waals surface area contributed by atoms with Crippen LogP contribution in [-0.4, -0.2) is 49.5 Å². The largest absolute Gasteiger partial charge is 0.497 e. The second-order valence-electron chi connectivity index (χ2n) is 8.75. The second-order valence-corrected chi connectivity index (χ2v) is 8.75. The number of carbonyl (C=O) groups excluding carboxylic acids is 1. The maximum atomic E-state index is 12.2. The Morgan fingerprint density at radius 2 is 1.94 bits per heavy atom. The highest BCUT2D eigenvalue weighted by Gasteiger charge is 2.28. The zero-order valence-corrected chi connectivity index (χ0v) is 18.8. The number of ether oxygens (including phenoxy) is 4. The summed E-state index contributed by atoms with van der Waals surface area (Å²) in [5.41, 5.74) is 1.08. The highest BCUT2D eigenvalue weighted by Crippen LogP contribution is 2.29. The summed E-state index contributed by atoms with van der Waals surface area (Å²) in [6.45, 7) is 3.30. The molecule has 0 spiro atoms. The van der Waals surface area contributed by atoms with Crippen molar-refractivity contribution in [2.45, 2.75) is 76.8 Å². The zero-order chi connectivity index (χ0) is 22.1. The maximum absolute atomic E-state index is 12.2. The van der Waals surface area contributed by atoms with Crippen molar-refractivity contribution in [3.05, 3.63) is 41.7 Å². The van der Waals surface area contributed by atoms with Crippen molar-refractivity contribution in [2.75, 3.05) is 20.3 Å². The lowest BCUT2D eigenvalue weighted by atomic mass is 9.94. The fraction of sp³-hybridized carbons (Fsp3) is 0.640. The lowest BCUT2D eigenvalue weighted by Crippen LogP contribution is -2.31. The molecule has 0 unspecified atom stereocenters. The van der Waals surface area contributed by atoms with Crippen LogP contribution in [0.15, 0.2) is 36.1 Å². The summed E-state index contributed by atoms with van der Waals surface area (Å²) in [6, 6.07) is 7.81. The van der Waals surface area contributed by atoms with Gasteiger partial charge in [-0.3, -0.25) is 4.79 Å². The van der Waals surface area contributed by atoms with Crippen LogP contribution < -0.4 is 4.74 Å². The monoisotopic (exact) mass is 432 g/mol.